The van der Waals surface area contributed by atoms with Gasteiger partial charge in [-0.3, -0.25) is 4.72 Å². The number of aromatic nitrogens is 3. The molecular formula is C12H18N6OS. The summed E-state index contributed by atoms with van der Waals surface area (Å²) in [5.41, 5.74) is 0.783. The third-order valence-electron chi connectivity index (χ3n) is 3.48. The molecule has 0 amide bonds. The summed E-state index contributed by atoms with van der Waals surface area (Å²) in [6, 6.07) is 3.78. The van der Waals surface area contributed by atoms with E-state index < -0.39 is 11.2 Å². The molecule has 0 aromatic carbocycles. The fraction of sp³-hybridized carbons (Fsp3) is 0.500. The highest BCUT2D eigenvalue weighted by atomic mass is 32.2. The van der Waals surface area contributed by atoms with Gasteiger partial charge in [-0.2, -0.15) is 5.10 Å². The monoisotopic (exact) mass is 294 g/mol. The summed E-state index contributed by atoms with van der Waals surface area (Å²) in [5.74, 6) is 0.618. The van der Waals surface area contributed by atoms with E-state index in [2.05, 4.69) is 26.8 Å². The Bertz CT molecular complexity index is 634. The van der Waals surface area contributed by atoms with Crippen LogP contribution in [0.1, 0.15) is 0 Å². The lowest BCUT2D eigenvalue weighted by molar-refractivity contribution is 0.229. The van der Waals surface area contributed by atoms with Gasteiger partial charge in [0.05, 0.1) is 5.39 Å². The molecule has 0 radical (unpaired) electrons. The topological polar surface area (TPSA) is 66.3 Å². The van der Waals surface area contributed by atoms with E-state index in [1.807, 2.05) is 23.5 Å². The zero-order valence-corrected chi connectivity index (χ0v) is 12.4. The highest BCUT2D eigenvalue weighted by Gasteiger charge is 2.20. The van der Waals surface area contributed by atoms with Gasteiger partial charge in [-0.25, -0.2) is 18.2 Å². The van der Waals surface area contributed by atoms with Crippen molar-refractivity contribution in [2.24, 2.45) is 7.05 Å². The molecule has 8 heteroatoms. The molecule has 0 saturated carbocycles. The molecule has 0 spiro atoms. The Balaban J connectivity index is 1.78. The number of hydrogen-bond acceptors (Lipinski definition) is 4. The Morgan fingerprint density at radius 3 is 2.75 bits per heavy atom. The number of piperazine rings is 1. The van der Waals surface area contributed by atoms with E-state index in [1.165, 1.54) is 0 Å². The van der Waals surface area contributed by atoms with Crippen LogP contribution in [0, 0.1) is 0 Å². The molecule has 1 saturated heterocycles. The minimum Gasteiger partial charge on any atom is -0.304 e. The Labute approximate surface area is 120 Å². The molecule has 108 valence electrons. The Hall–Kier alpha value is -1.51. The maximum Gasteiger partial charge on any atom is 0.197 e. The van der Waals surface area contributed by atoms with Crippen molar-refractivity contribution in [1.29, 1.82) is 0 Å². The first-order valence-corrected chi connectivity index (χ1v) is 7.65. The predicted octanol–water partition coefficient (Wildman–Crippen LogP) is 0.206. The van der Waals surface area contributed by atoms with Crippen LogP contribution in [0.15, 0.2) is 18.3 Å². The van der Waals surface area contributed by atoms with Crippen LogP contribution in [0.25, 0.3) is 11.0 Å². The largest absolute Gasteiger partial charge is 0.304 e. The SMILES string of the molecule is CN1CCN(S(=O)Nc2nn(C)c3ncccc23)CC1. The van der Waals surface area contributed by atoms with Gasteiger partial charge in [-0.15, -0.1) is 0 Å². The zero-order chi connectivity index (χ0) is 14.1. The second-order valence-electron chi connectivity index (χ2n) is 4.93. The molecule has 2 aromatic heterocycles. The fourth-order valence-electron chi connectivity index (χ4n) is 2.27. The molecule has 1 fully saturated rings. The van der Waals surface area contributed by atoms with Gasteiger partial charge in [0.15, 0.2) is 22.6 Å². The number of pyridine rings is 1. The molecule has 0 aliphatic carbocycles. The molecular weight excluding hydrogens is 276 g/mol. The van der Waals surface area contributed by atoms with Crippen molar-refractivity contribution in [3.05, 3.63) is 18.3 Å². The molecule has 1 N–H and O–H groups in total. The van der Waals surface area contributed by atoms with E-state index in [0.29, 0.717) is 5.82 Å². The second kappa shape index (κ2) is 5.47. The van der Waals surface area contributed by atoms with Crippen LogP contribution in [0.4, 0.5) is 5.82 Å². The van der Waals surface area contributed by atoms with Gasteiger partial charge in [-0.05, 0) is 19.2 Å². The van der Waals surface area contributed by atoms with E-state index >= 15 is 0 Å². The smallest absolute Gasteiger partial charge is 0.197 e. The number of hydrogen-bond donors (Lipinski definition) is 1. The van der Waals surface area contributed by atoms with Gasteiger partial charge in [0.1, 0.15) is 0 Å². The Kier molecular flexibility index (Phi) is 3.68. The summed E-state index contributed by atoms with van der Waals surface area (Å²) in [6.07, 6.45) is 1.73. The number of rotatable bonds is 3. The first-order valence-electron chi connectivity index (χ1n) is 6.55. The lowest BCUT2D eigenvalue weighted by Crippen LogP contribution is -2.46. The van der Waals surface area contributed by atoms with Gasteiger partial charge >= 0.3 is 0 Å². The number of nitrogens with zero attached hydrogens (tertiary/aromatic N) is 5. The van der Waals surface area contributed by atoms with Crippen molar-refractivity contribution in [1.82, 2.24) is 24.0 Å². The van der Waals surface area contributed by atoms with Crippen LogP contribution < -0.4 is 4.72 Å². The van der Waals surface area contributed by atoms with Crippen LogP contribution >= 0.6 is 0 Å². The summed E-state index contributed by atoms with van der Waals surface area (Å²) in [5, 5.41) is 5.24. The number of aryl methyl sites for hydroxylation is 1. The van der Waals surface area contributed by atoms with E-state index in [0.717, 1.165) is 37.2 Å². The zero-order valence-electron chi connectivity index (χ0n) is 11.6. The standard InChI is InChI=1S/C12H18N6OS/c1-16-6-8-18(9-7-16)20(19)15-11-10-4-3-5-13-12(10)17(2)14-11/h3-5H,6-9H2,1-2H3,(H,14,15). The molecule has 2 aromatic rings. The Morgan fingerprint density at radius 2 is 2.00 bits per heavy atom. The summed E-state index contributed by atoms with van der Waals surface area (Å²) in [7, 11) is 3.91. The molecule has 3 rings (SSSR count). The number of nitrogens with one attached hydrogen (secondary N) is 1. The van der Waals surface area contributed by atoms with Gasteiger partial charge in [-0.1, -0.05) is 0 Å². The number of likely N-dealkylation sites (N-methyl/N-ethyl adjacent to an activating group) is 1. The third-order valence-corrected chi connectivity index (χ3v) is 4.68. The van der Waals surface area contributed by atoms with E-state index in [4.69, 9.17) is 0 Å². The van der Waals surface area contributed by atoms with Crippen molar-refractivity contribution in [3.63, 3.8) is 0 Å². The normalized spacial score (nSPS) is 19.3. The van der Waals surface area contributed by atoms with E-state index in [-0.39, 0.29) is 0 Å². The summed E-state index contributed by atoms with van der Waals surface area (Å²) in [6.45, 7) is 3.44. The fourth-order valence-corrected chi connectivity index (χ4v) is 3.21. The van der Waals surface area contributed by atoms with Crippen molar-refractivity contribution in [2.45, 2.75) is 0 Å². The first kappa shape index (κ1) is 13.5. The Morgan fingerprint density at radius 1 is 1.25 bits per heavy atom. The maximum atomic E-state index is 12.4. The average Bonchev–Trinajstić information content (AvgIpc) is 2.77. The lowest BCUT2D eigenvalue weighted by atomic mass is 10.3. The maximum absolute atomic E-state index is 12.4. The van der Waals surface area contributed by atoms with Gasteiger partial charge in [0.2, 0.25) is 0 Å². The molecule has 3 heterocycles. The molecule has 1 unspecified atom stereocenters. The summed E-state index contributed by atoms with van der Waals surface area (Å²) in [4.78, 5) is 6.50. The van der Waals surface area contributed by atoms with Crippen molar-refractivity contribution in [3.8, 4) is 0 Å². The molecule has 1 aliphatic rings. The van der Waals surface area contributed by atoms with Crippen LogP contribution in [-0.4, -0.2) is 61.4 Å². The second-order valence-corrected chi connectivity index (χ2v) is 6.15. The highest BCUT2D eigenvalue weighted by molar-refractivity contribution is 7.84. The predicted molar refractivity (Wildman–Crippen MR) is 79.3 cm³/mol. The molecule has 1 atom stereocenters. The first-order chi connectivity index (χ1) is 9.65. The van der Waals surface area contributed by atoms with Gasteiger partial charge in [0.25, 0.3) is 0 Å². The molecule has 7 nitrogen and oxygen atoms in total. The quantitative estimate of drug-likeness (QED) is 0.878. The van der Waals surface area contributed by atoms with Crippen LogP contribution in [-0.2, 0) is 18.2 Å². The van der Waals surface area contributed by atoms with Crippen molar-refractivity contribution < 1.29 is 4.21 Å². The summed E-state index contributed by atoms with van der Waals surface area (Å²) >= 11 is -1.26. The minimum atomic E-state index is -1.26. The van der Waals surface area contributed by atoms with Crippen LogP contribution in [0.3, 0.4) is 0 Å². The van der Waals surface area contributed by atoms with Gasteiger partial charge in [0, 0.05) is 39.4 Å². The van der Waals surface area contributed by atoms with Gasteiger partial charge < -0.3 is 4.90 Å². The van der Waals surface area contributed by atoms with Crippen molar-refractivity contribution >= 4 is 28.0 Å². The minimum absolute atomic E-state index is 0.618. The molecule has 20 heavy (non-hydrogen) atoms. The van der Waals surface area contributed by atoms with E-state index in [9.17, 15) is 4.21 Å². The number of fused-ring (bicyclic) bond motifs is 1. The highest BCUT2D eigenvalue weighted by Crippen LogP contribution is 2.20. The molecule has 0 bridgehead atoms. The van der Waals surface area contributed by atoms with Crippen LogP contribution in [0.2, 0.25) is 0 Å². The van der Waals surface area contributed by atoms with E-state index in [1.54, 1.807) is 10.9 Å². The van der Waals surface area contributed by atoms with Crippen LogP contribution in [0.5, 0.6) is 0 Å². The average molecular weight is 294 g/mol. The lowest BCUT2D eigenvalue weighted by Gasteiger charge is -2.30. The summed E-state index contributed by atoms with van der Waals surface area (Å²) < 4.78 is 19.0. The number of anilines is 1. The molecule has 1 aliphatic heterocycles. The third kappa shape index (κ3) is 2.54. The van der Waals surface area contributed by atoms with Crippen molar-refractivity contribution in [2.75, 3.05) is 37.9 Å².